The van der Waals surface area contributed by atoms with Crippen molar-refractivity contribution in [2.75, 3.05) is 6.54 Å². The minimum Gasteiger partial charge on any atom is -0.477 e. The van der Waals surface area contributed by atoms with Crippen molar-refractivity contribution in [1.29, 1.82) is 0 Å². The summed E-state index contributed by atoms with van der Waals surface area (Å²) in [5.74, 6) is 4.35. The third-order valence-electron chi connectivity index (χ3n) is 2.60. The van der Waals surface area contributed by atoms with Crippen molar-refractivity contribution in [3.8, 4) is 11.8 Å². The lowest BCUT2D eigenvalue weighted by Crippen LogP contribution is -2.12. The van der Waals surface area contributed by atoms with E-state index in [0.29, 0.717) is 23.0 Å². The van der Waals surface area contributed by atoms with Crippen LogP contribution in [-0.2, 0) is 0 Å². The molecule has 0 fully saturated rings. The molecule has 0 unspecified atom stereocenters. The van der Waals surface area contributed by atoms with Gasteiger partial charge in [-0.25, -0.2) is 9.59 Å². The van der Waals surface area contributed by atoms with Crippen LogP contribution in [0.1, 0.15) is 22.3 Å². The highest BCUT2D eigenvalue weighted by Gasteiger charge is 2.11. The maximum Gasteiger partial charge on any atom is 0.351 e. The predicted octanol–water partition coefficient (Wildman–Crippen LogP) is 2.54. The molecular formula is C14H9N3O4. The second kappa shape index (κ2) is 6.28. The van der Waals surface area contributed by atoms with Gasteiger partial charge in [-0.2, -0.15) is 0 Å². The number of carboxylic acid groups (broad SMARTS) is 1. The molecule has 1 N–H and O–H groups in total. The predicted molar refractivity (Wildman–Crippen MR) is 75.0 cm³/mol. The van der Waals surface area contributed by atoms with E-state index in [4.69, 9.17) is 15.1 Å². The molecule has 0 saturated heterocycles. The molecule has 0 saturated carbocycles. The van der Waals surface area contributed by atoms with E-state index in [-0.39, 0.29) is 6.54 Å². The average molecular weight is 283 g/mol. The van der Waals surface area contributed by atoms with Gasteiger partial charge in [-0.3, -0.25) is 0 Å². The van der Waals surface area contributed by atoms with Crippen molar-refractivity contribution >= 4 is 16.9 Å². The van der Waals surface area contributed by atoms with Crippen molar-refractivity contribution in [3.05, 3.63) is 56.3 Å². The molecule has 21 heavy (non-hydrogen) atoms. The van der Waals surface area contributed by atoms with Crippen molar-refractivity contribution in [2.45, 2.75) is 6.42 Å². The molecule has 1 heterocycles. The molecule has 0 aliphatic heterocycles. The number of benzene rings is 1. The first-order chi connectivity index (χ1) is 10.1. The maximum absolute atomic E-state index is 11.4. The molecule has 7 heteroatoms. The Balaban J connectivity index is 2.36. The first kappa shape index (κ1) is 14.2. The summed E-state index contributed by atoms with van der Waals surface area (Å²) in [6.45, 7) is 0.287. The Morgan fingerprint density at radius 1 is 1.43 bits per heavy atom. The molecule has 2 aromatic rings. The second-order valence-corrected chi connectivity index (χ2v) is 4.01. The van der Waals surface area contributed by atoms with Gasteiger partial charge in [0.1, 0.15) is 11.1 Å². The van der Waals surface area contributed by atoms with E-state index in [0.717, 1.165) is 0 Å². The Bertz CT molecular complexity index is 867. The number of carbonyl (C=O) groups is 1. The number of azide groups is 1. The monoisotopic (exact) mass is 283 g/mol. The number of aromatic carboxylic acids is 1. The first-order valence-corrected chi connectivity index (χ1v) is 5.93. The zero-order chi connectivity index (χ0) is 15.2. The second-order valence-electron chi connectivity index (χ2n) is 4.01. The zero-order valence-corrected chi connectivity index (χ0v) is 10.7. The quantitative estimate of drug-likeness (QED) is 0.232. The number of hydrogen-bond acceptors (Lipinski definition) is 4. The van der Waals surface area contributed by atoms with E-state index >= 15 is 0 Å². The average Bonchev–Trinajstić information content (AvgIpc) is 2.46. The summed E-state index contributed by atoms with van der Waals surface area (Å²) in [7, 11) is 0. The van der Waals surface area contributed by atoms with E-state index in [9.17, 15) is 9.59 Å². The summed E-state index contributed by atoms with van der Waals surface area (Å²) in [5.41, 5.74) is 7.76. The van der Waals surface area contributed by atoms with Crippen LogP contribution in [0.4, 0.5) is 0 Å². The lowest BCUT2D eigenvalue weighted by atomic mass is 10.1. The molecule has 1 aromatic carbocycles. The molecule has 2 rings (SSSR count). The molecule has 7 nitrogen and oxygen atoms in total. The van der Waals surface area contributed by atoms with Crippen LogP contribution in [0.3, 0.4) is 0 Å². The Morgan fingerprint density at radius 2 is 2.24 bits per heavy atom. The van der Waals surface area contributed by atoms with Crippen LogP contribution >= 0.6 is 0 Å². The summed E-state index contributed by atoms with van der Waals surface area (Å²) in [4.78, 5) is 24.9. The first-order valence-electron chi connectivity index (χ1n) is 5.93. The van der Waals surface area contributed by atoms with Gasteiger partial charge in [0, 0.05) is 28.8 Å². The smallest absolute Gasteiger partial charge is 0.351 e. The van der Waals surface area contributed by atoms with Crippen LogP contribution in [0.2, 0.25) is 0 Å². The molecule has 1 aromatic heterocycles. The number of nitrogens with zero attached hydrogens (tertiary/aromatic N) is 3. The van der Waals surface area contributed by atoms with Crippen molar-refractivity contribution in [3.63, 3.8) is 0 Å². The maximum atomic E-state index is 11.4. The summed E-state index contributed by atoms with van der Waals surface area (Å²) in [6, 6.07) is 6.10. The molecule has 104 valence electrons. The van der Waals surface area contributed by atoms with Crippen molar-refractivity contribution in [1.82, 2.24) is 0 Å². The minimum atomic E-state index is -1.34. The SMILES string of the molecule is [N-]=[N+]=NCCC#Cc1ccc2oc(=O)c(C(=O)O)cc2c1. The van der Waals surface area contributed by atoms with Gasteiger partial charge >= 0.3 is 11.6 Å². The van der Waals surface area contributed by atoms with Crippen LogP contribution in [-0.4, -0.2) is 17.6 Å². The normalized spacial score (nSPS) is 9.52. The summed E-state index contributed by atoms with van der Waals surface area (Å²) >= 11 is 0. The fourth-order valence-electron chi connectivity index (χ4n) is 1.67. The highest BCUT2D eigenvalue weighted by molar-refractivity contribution is 5.91. The fraction of sp³-hybridized carbons (Fsp3) is 0.143. The Kier molecular flexibility index (Phi) is 4.24. The van der Waals surface area contributed by atoms with E-state index in [2.05, 4.69) is 21.9 Å². The Labute approximate surface area is 118 Å². The van der Waals surface area contributed by atoms with Gasteiger partial charge in [0.15, 0.2) is 0 Å². The van der Waals surface area contributed by atoms with Gasteiger partial charge in [-0.05, 0) is 29.8 Å². The number of rotatable bonds is 3. The van der Waals surface area contributed by atoms with Gasteiger partial charge < -0.3 is 9.52 Å². The number of fused-ring (bicyclic) bond motifs is 1. The molecule has 0 aliphatic rings. The molecular weight excluding hydrogens is 274 g/mol. The molecule has 0 aliphatic carbocycles. The van der Waals surface area contributed by atoms with Crippen LogP contribution in [0.5, 0.6) is 0 Å². The topological polar surface area (TPSA) is 116 Å². The number of hydrogen-bond donors (Lipinski definition) is 1. The standard InChI is InChI=1S/C14H9N3O4/c15-17-16-6-2-1-3-9-4-5-12-10(7-9)8-11(13(18)19)14(20)21-12/h4-5,7-8H,2,6H2,(H,18,19). The Morgan fingerprint density at radius 3 is 2.95 bits per heavy atom. The summed E-state index contributed by atoms with van der Waals surface area (Å²) in [5, 5.41) is 12.7. The van der Waals surface area contributed by atoms with E-state index < -0.39 is 17.2 Å². The molecule has 0 bridgehead atoms. The van der Waals surface area contributed by atoms with E-state index in [1.54, 1.807) is 18.2 Å². The zero-order valence-electron chi connectivity index (χ0n) is 10.7. The van der Waals surface area contributed by atoms with Crippen LogP contribution < -0.4 is 5.63 Å². The molecule has 0 atom stereocenters. The third kappa shape index (κ3) is 3.41. The largest absolute Gasteiger partial charge is 0.477 e. The molecule has 0 amide bonds. The molecule has 0 spiro atoms. The lowest BCUT2D eigenvalue weighted by Gasteiger charge is -1.99. The van der Waals surface area contributed by atoms with Gasteiger partial charge in [0.25, 0.3) is 0 Å². The third-order valence-corrected chi connectivity index (χ3v) is 2.60. The fourth-order valence-corrected chi connectivity index (χ4v) is 1.67. The van der Waals surface area contributed by atoms with Gasteiger partial charge in [0.05, 0.1) is 0 Å². The van der Waals surface area contributed by atoms with Gasteiger partial charge in [-0.15, -0.1) is 0 Å². The lowest BCUT2D eigenvalue weighted by molar-refractivity contribution is 0.0692. The van der Waals surface area contributed by atoms with Gasteiger partial charge in [0.2, 0.25) is 0 Å². The van der Waals surface area contributed by atoms with E-state index in [1.165, 1.54) is 6.07 Å². The summed E-state index contributed by atoms with van der Waals surface area (Å²) in [6.07, 6.45) is 0.423. The minimum absolute atomic E-state index is 0.287. The van der Waals surface area contributed by atoms with Crippen LogP contribution in [0.15, 0.2) is 38.6 Å². The highest BCUT2D eigenvalue weighted by atomic mass is 16.4. The number of carboxylic acids is 1. The highest BCUT2D eigenvalue weighted by Crippen LogP contribution is 2.15. The molecule has 0 radical (unpaired) electrons. The van der Waals surface area contributed by atoms with Crippen LogP contribution in [0.25, 0.3) is 21.4 Å². The Hall–Kier alpha value is -3.23. The van der Waals surface area contributed by atoms with Crippen molar-refractivity contribution in [2.24, 2.45) is 5.11 Å². The van der Waals surface area contributed by atoms with Crippen LogP contribution in [0, 0.1) is 11.8 Å². The summed E-state index contributed by atoms with van der Waals surface area (Å²) < 4.78 is 4.93. The van der Waals surface area contributed by atoms with Gasteiger partial charge in [-0.1, -0.05) is 17.0 Å². The van der Waals surface area contributed by atoms with E-state index in [1.807, 2.05) is 0 Å². The van der Waals surface area contributed by atoms with Crippen molar-refractivity contribution < 1.29 is 14.3 Å².